The van der Waals surface area contributed by atoms with Crippen LogP contribution in [0.1, 0.15) is 28.4 Å². The molecule has 28 heavy (non-hydrogen) atoms. The molecule has 3 aromatic carbocycles. The molecule has 3 rings (SSSR count). The summed E-state index contributed by atoms with van der Waals surface area (Å²) < 4.78 is 54.8. The SMILES string of the molecule is Cc1ccccc1CCC(c1cc(F)ccc1F)S(=O)(=O)c1ccc(Cl)cc1. The fraction of sp³-hybridized carbons (Fsp3) is 0.182. The Balaban J connectivity index is 2.04. The van der Waals surface area contributed by atoms with E-state index in [4.69, 9.17) is 11.6 Å². The summed E-state index contributed by atoms with van der Waals surface area (Å²) in [5, 5.41) is -0.823. The van der Waals surface area contributed by atoms with Gasteiger partial charge in [0, 0.05) is 10.6 Å². The second-order valence-corrected chi connectivity index (χ2v) is 9.19. The summed E-state index contributed by atoms with van der Waals surface area (Å²) in [6, 6.07) is 16.2. The first kappa shape index (κ1) is 20.5. The number of sulfone groups is 1. The van der Waals surface area contributed by atoms with Crippen molar-refractivity contribution in [2.45, 2.75) is 29.9 Å². The number of aryl methyl sites for hydroxylation is 2. The maximum atomic E-state index is 14.5. The van der Waals surface area contributed by atoms with Crippen LogP contribution >= 0.6 is 11.6 Å². The highest BCUT2D eigenvalue weighted by atomic mass is 35.5. The van der Waals surface area contributed by atoms with E-state index < -0.39 is 26.7 Å². The van der Waals surface area contributed by atoms with Crippen LogP contribution in [0.25, 0.3) is 0 Å². The summed E-state index contributed by atoms with van der Waals surface area (Å²) in [6.45, 7) is 1.93. The second kappa shape index (κ2) is 8.41. The van der Waals surface area contributed by atoms with Crippen molar-refractivity contribution < 1.29 is 17.2 Å². The van der Waals surface area contributed by atoms with Crippen LogP contribution in [-0.4, -0.2) is 8.42 Å². The molecule has 1 unspecified atom stereocenters. The van der Waals surface area contributed by atoms with Crippen molar-refractivity contribution in [1.82, 2.24) is 0 Å². The van der Waals surface area contributed by atoms with Crippen LogP contribution in [0.2, 0.25) is 5.02 Å². The first-order chi connectivity index (χ1) is 13.3. The van der Waals surface area contributed by atoms with Gasteiger partial charge < -0.3 is 0 Å². The normalized spacial score (nSPS) is 12.7. The van der Waals surface area contributed by atoms with E-state index in [1.807, 2.05) is 31.2 Å². The van der Waals surface area contributed by atoms with Crippen molar-refractivity contribution in [3.05, 3.63) is 100 Å². The Morgan fingerprint density at radius 3 is 2.32 bits per heavy atom. The summed E-state index contributed by atoms with van der Waals surface area (Å²) in [6.07, 6.45) is 0.538. The van der Waals surface area contributed by atoms with E-state index in [1.54, 1.807) is 0 Å². The van der Waals surface area contributed by atoms with E-state index in [-0.39, 0.29) is 16.9 Å². The number of hydrogen-bond acceptors (Lipinski definition) is 2. The van der Waals surface area contributed by atoms with E-state index in [2.05, 4.69) is 0 Å². The zero-order valence-electron chi connectivity index (χ0n) is 15.2. The van der Waals surface area contributed by atoms with Gasteiger partial charge >= 0.3 is 0 Å². The minimum atomic E-state index is -3.96. The van der Waals surface area contributed by atoms with Crippen LogP contribution < -0.4 is 0 Å². The third kappa shape index (κ3) is 4.42. The van der Waals surface area contributed by atoms with Crippen molar-refractivity contribution in [3.63, 3.8) is 0 Å². The largest absolute Gasteiger partial charge is 0.223 e. The summed E-state index contributed by atoms with van der Waals surface area (Å²) in [7, 11) is -3.96. The first-order valence-electron chi connectivity index (χ1n) is 8.78. The topological polar surface area (TPSA) is 34.1 Å². The van der Waals surface area contributed by atoms with Crippen LogP contribution in [0.4, 0.5) is 8.78 Å². The monoisotopic (exact) mass is 420 g/mol. The third-order valence-corrected chi connectivity index (χ3v) is 7.18. The van der Waals surface area contributed by atoms with E-state index in [1.165, 1.54) is 24.3 Å². The molecule has 0 fully saturated rings. The molecule has 0 N–H and O–H groups in total. The van der Waals surface area contributed by atoms with Gasteiger partial charge in [-0.1, -0.05) is 35.9 Å². The quantitative estimate of drug-likeness (QED) is 0.484. The lowest BCUT2D eigenvalue weighted by atomic mass is 10.00. The molecule has 0 aliphatic rings. The molecule has 1 atom stereocenters. The van der Waals surface area contributed by atoms with E-state index in [0.717, 1.165) is 29.3 Å². The minimum absolute atomic E-state index is 0.0235. The lowest BCUT2D eigenvalue weighted by Crippen LogP contribution is -2.17. The standard InChI is InChI=1S/C22H19ClF2O2S/c1-15-4-2-3-5-16(15)6-13-22(20-14-18(24)9-12-21(20)25)28(26,27)19-10-7-17(23)8-11-19/h2-5,7-12,14,22H,6,13H2,1H3. The fourth-order valence-corrected chi connectivity index (χ4v) is 5.12. The molecule has 0 aliphatic heterocycles. The van der Waals surface area contributed by atoms with Crippen molar-refractivity contribution in [1.29, 1.82) is 0 Å². The summed E-state index contributed by atoms with van der Waals surface area (Å²) in [5.74, 6) is -1.42. The third-order valence-electron chi connectivity index (χ3n) is 4.76. The van der Waals surface area contributed by atoms with Crippen molar-refractivity contribution in [3.8, 4) is 0 Å². The van der Waals surface area contributed by atoms with Crippen LogP contribution in [0.5, 0.6) is 0 Å². The number of hydrogen-bond donors (Lipinski definition) is 0. The molecule has 0 saturated heterocycles. The molecule has 0 amide bonds. The smallest absolute Gasteiger partial charge is 0.185 e. The highest BCUT2D eigenvalue weighted by molar-refractivity contribution is 7.91. The predicted octanol–water partition coefficient (Wildman–Crippen LogP) is 6.07. The molecule has 0 heterocycles. The Hall–Kier alpha value is -2.24. The van der Waals surface area contributed by atoms with Gasteiger partial charge in [0.2, 0.25) is 0 Å². The summed E-state index contributed by atoms with van der Waals surface area (Å²) in [5.41, 5.74) is 1.82. The Labute approximate surface area is 168 Å². The highest BCUT2D eigenvalue weighted by Crippen LogP contribution is 2.35. The van der Waals surface area contributed by atoms with Gasteiger partial charge in [-0.15, -0.1) is 0 Å². The maximum absolute atomic E-state index is 14.5. The lowest BCUT2D eigenvalue weighted by molar-refractivity contribution is 0.551. The predicted molar refractivity (Wildman–Crippen MR) is 107 cm³/mol. The lowest BCUT2D eigenvalue weighted by Gasteiger charge is -2.20. The average Bonchev–Trinajstić information content (AvgIpc) is 2.66. The Kier molecular flexibility index (Phi) is 6.16. The van der Waals surface area contributed by atoms with Gasteiger partial charge in [-0.05, 0) is 73.4 Å². The molecule has 6 heteroatoms. The van der Waals surface area contributed by atoms with Crippen LogP contribution in [0.3, 0.4) is 0 Å². The number of benzene rings is 3. The Morgan fingerprint density at radius 2 is 1.64 bits per heavy atom. The molecule has 0 aliphatic carbocycles. The van der Waals surface area contributed by atoms with E-state index >= 15 is 0 Å². The van der Waals surface area contributed by atoms with Crippen LogP contribution in [-0.2, 0) is 16.3 Å². The summed E-state index contributed by atoms with van der Waals surface area (Å²) >= 11 is 5.86. The van der Waals surface area contributed by atoms with Gasteiger partial charge in [0.1, 0.15) is 11.6 Å². The molecule has 0 bridgehead atoms. The fourth-order valence-electron chi connectivity index (χ4n) is 3.20. The molecule has 3 aromatic rings. The molecule has 0 saturated carbocycles. The Morgan fingerprint density at radius 1 is 0.964 bits per heavy atom. The second-order valence-electron chi connectivity index (χ2n) is 6.62. The minimum Gasteiger partial charge on any atom is -0.223 e. The Bertz CT molecular complexity index is 1080. The van der Waals surface area contributed by atoms with Gasteiger partial charge in [-0.25, -0.2) is 17.2 Å². The van der Waals surface area contributed by atoms with Crippen molar-refractivity contribution >= 4 is 21.4 Å². The maximum Gasteiger partial charge on any atom is 0.185 e. The zero-order chi connectivity index (χ0) is 20.3. The molecule has 0 radical (unpaired) electrons. The van der Waals surface area contributed by atoms with Crippen molar-refractivity contribution in [2.75, 3.05) is 0 Å². The van der Waals surface area contributed by atoms with Gasteiger partial charge in [0.25, 0.3) is 0 Å². The molecule has 0 spiro atoms. The van der Waals surface area contributed by atoms with E-state index in [0.29, 0.717) is 11.4 Å². The zero-order valence-corrected chi connectivity index (χ0v) is 16.8. The van der Waals surface area contributed by atoms with Gasteiger partial charge in [0.05, 0.1) is 10.1 Å². The average molecular weight is 421 g/mol. The molecule has 0 aromatic heterocycles. The van der Waals surface area contributed by atoms with Gasteiger partial charge in [0.15, 0.2) is 9.84 Å². The molecule has 2 nitrogen and oxygen atoms in total. The summed E-state index contributed by atoms with van der Waals surface area (Å²) in [4.78, 5) is 0.0235. The van der Waals surface area contributed by atoms with Crippen LogP contribution in [0, 0.1) is 18.6 Å². The number of halogens is 3. The number of rotatable bonds is 6. The molecular formula is C22H19ClF2O2S. The molecular weight excluding hydrogens is 402 g/mol. The molecule has 146 valence electrons. The van der Waals surface area contributed by atoms with Gasteiger partial charge in [-0.3, -0.25) is 0 Å². The first-order valence-corrected chi connectivity index (χ1v) is 10.7. The van der Waals surface area contributed by atoms with Crippen molar-refractivity contribution in [2.24, 2.45) is 0 Å². The van der Waals surface area contributed by atoms with E-state index in [9.17, 15) is 17.2 Å². The van der Waals surface area contributed by atoms with Crippen LogP contribution in [0.15, 0.2) is 71.6 Å². The highest BCUT2D eigenvalue weighted by Gasteiger charge is 2.31. The van der Waals surface area contributed by atoms with Gasteiger partial charge in [-0.2, -0.15) is 0 Å².